The molecule has 0 aliphatic carbocycles. The number of ether oxygens (including phenoxy) is 1. The first kappa shape index (κ1) is 17.6. The van der Waals surface area contributed by atoms with Crippen LogP contribution < -0.4 is 4.72 Å². The minimum absolute atomic E-state index is 0.00167. The summed E-state index contributed by atoms with van der Waals surface area (Å²) in [6.07, 6.45) is -0.533. The smallest absolute Gasteiger partial charge is 0.335 e. The summed E-state index contributed by atoms with van der Waals surface area (Å²) >= 11 is 0. The number of rotatable bonds is 8. The van der Waals surface area contributed by atoms with Crippen LogP contribution in [0.1, 0.15) is 22.8 Å². The van der Waals surface area contributed by atoms with Gasteiger partial charge in [0.05, 0.1) is 23.2 Å². The highest BCUT2D eigenvalue weighted by molar-refractivity contribution is 7.89. The molecule has 0 aromatic heterocycles. The first-order valence-electron chi connectivity index (χ1n) is 6.34. The maximum absolute atomic E-state index is 12.2. The van der Waals surface area contributed by atoms with Crippen molar-refractivity contribution in [3.8, 4) is 0 Å². The maximum atomic E-state index is 12.2. The molecule has 0 fully saturated rings. The summed E-state index contributed by atoms with van der Waals surface area (Å²) in [6.45, 7) is 1.56. The molecular weight excluding hydrogens is 298 g/mol. The molecule has 8 heteroatoms. The summed E-state index contributed by atoms with van der Waals surface area (Å²) in [7, 11) is -2.51. The van der Waals surface area contributed by atoms with Crippen molar-refractivity contribution in [2.45, 2.75) is 24.3 Å². The molecule has 118 valence electrons. The molecule has 0 spiro atoms. The molecule has 3 N–H and O–H groups in total. The molecule has 0 saturated heterocycles. The van der Waals surface area contributed by atoms with E-state index in [9.17, 15) is 18.3 Å². The molecule has 1 unspecified atom stereocenters. The van der Waals surface area contributed by atoms with Gasteiger partial charge < -0.3 is 14.9 Å². The first-order chi connectivity index (χ1) is 9.81. The first-order valence-corrected chi connectivity index (χ1v) is 7.83. The van der Waals surface area contributed by atoms with E-state index in [1.807, 2.05) is 0 Å². The number of hydrogen-bond donors (Lipinski definition) is 3. The van der Waals surface area contributed by atoms with Gasteiger partial charge in [-0.15, -0.1) is 0 Å². The van der Waals surface area contributed by atoms with E-state index in [2.05, 4.69) is 4.72 Å². The van der Waals surface area contributed by atoms with Gasteiger partial charge in [-0.3, -0.25) is 0 Å². The molecule has 1 atom stereocenters. The molecule has 1 aromatic rings. The van der Waals surface area contributed by atoms with Crippen molar-refractivity contribution >= 4 is 16.0 Å². The molecule has 0 amide bonds. The fraction of sp³-hybridized carbons (Fsp3) is 0.462. The van der Waals surface area contributed by atoms with Crippen LogP contribution >= 0.6 is 0 Å². The molecule has 0 bridgehead atoms. The average Bonchev–Trinajstić information content (AvgIpc) is 2.44. The molecular formula is C13H19NO6S. The number of aromatic carboxylic acids is 1. The number of methoxy groups -OCH3 is 1. The van der Waals surface area contributed by atoms with Crippen LogP contribution in [-0.2, 0) is 21.2 Å². The minimum Gasteiger partial charge on any atom is -0.478 e. The molecule has 1 aromatic carbocycles. The van der Waals surface area contributed by atoms with Gasteiger partial charge >= 0.3 is 5.97 Å². The van der Waals surface area contributed by atoms with Gasteiger partial charge in [-0.05, 0) is 24.1 Å². The standard InChI is InChI=1S/C13H19NO6S/c1-3-9-4-5-10(13(16)17)6-12(9)21(18,19)14-7-11(15)8-20-2/h4-6,11,14-15H,3,7-8H2,1-2H3,(H,16,17). The van der Waals surface area contributed by atoms with Crippen LogP contribution in [0.3, 0.4) is 0 Å². The zero-order chi connectivity index (χ0) is 16.0. The monoisotopic (exact) mass is 317 g/mol. The van der Waals surface area contributed by atoms with Gasteiger partial charge in [0.15, 0.2) is 0 Å². The van der Waals surface area contributed by atoms with Crippen LogP contribution in [0.5, 0.6) is 0 Å². The Hall–Kier alpha value is -1.48. The molecule has 1 rings (SSSR count). The van der Waals surface area contributed by atoms with Crippen molar-refractivity contribution in [2.75, 3.05) is 20.3 Å². The van der Waals surface area contributed by atoms with Crippen molar-refractivity contribution in [1.29, 1.82) is 0 Å². The van der Waals surface area contributed by atoms with E-state index in [-0.39, 0.29) is 23.6 Å². The predicted octanol–water partition coefficient (Wildman–Crippen LogP) is 0.233. The second-order valence-electron chi connectivity index (χ2n) is 4.44. The number of carboxylic acids is 1. The molecule has 0 saturated carbocycles. The van der Waals surface area contributed by atoms with E-state index in [0.717, 1.165) is 6.07 Å². The van der Waals surface area contributed by atoms with Gasteiger partial charge in [0, 0.05) is 13.7 Å². The zero-order valence-corrected chi connectivity index (χ0v) is 12.7. The van der Waals surface area contributed by atoms with Gasteiger partial charge in [0.25, 0.3) is 0 Å². The van der Waals surface area contributed by atoms with E-state index in [1.54, 1.807) is 6.92 Å². The number of hydrogen-bond acceptors (Lipinski definition) is 5. The quantitative estimate of drug-likeness (QED) is 0.633. The van der Waals surface area contributed by atoms with Crippen LogP contribution in [0.2, 0.25) is 0 Å². The van der Waals surface area contributed by atoms with Gasteiger partial charge in [-0.1, -0.05) is 13.0 Å². The Kier molecular flexibility index (Phi) is 6.28. The van der Waals surface area contributed by atoms with Gasteiger partial charge in [-0.2, -0.15) is 0 Å². The Morgan fingerprint density at radius 1 is 1.43 bits per heavy atom. The molecule has 7 nitrogen and oxygen atoms in total. The second kappa shape index (κ2) is 7.51. The molecule has 0 heterocycles. The number of benzene rings is 1. The summed E-state index contributed by atoms with van der Waals surface area (Å²) in [6, 6.07) is 3.95. The fourth-order valence-electron chi connectivity index (χ4n) is 1.76. The lowest BCUT2D eigenvalue weighted by atomic mass is 10.1. The van der Waals surface area contributed by atoms with E-state index < -0.39 is 22.1 Å². The molecule has 0 aliphatic heterocycles. The fourth-order valence-corrected chi connectivity index (χ4v) is 3.17. The number of aliphatic hydroxyl groups is 1. The highest BCUT2D eigenvalue weighted by Gasteiger charge is 2.20. The van der Waals surface area contributed by atoms with E-state index in [1.165, 1.54) is 19.2 Å². The van der Waals surface area contributed by atoms with Crippen molar-refractivity contribution in [3.05, 3.63) is 29.3 Å². The summed E-state index contributed by atoms with van der Waals surface area (Å²) in [5, 5.41) is 18.4. The number of sulfonamides is 1. The number of aliphatic hydroxyl groups excluding tert-OH is 1. The predicted molar refractivity (Wildman–Crippen MR) is 75.9 cm³/mol. The van der Waals surface area contributed by atoms with Gasteiger partial charge in [-0.25, -0.2) is 17.9 Å². The largest absolute Gasteiger partial charge is 0.478 e. The van der Waals surface area contributed by atoms with E-state index in [0.29, 0.717) is 12.0 Å². The number of carboxylic acid groups (broad SMARTS) is 1. The van der Waals surface area contributed by atoms with Crippen LogP contribution in [0, 0.1) is 0 Å². The highest BCUT2D eigenvalue weighted by atomic mass is 32.2. The third kappa shape index (κ3) is 4.78. The second-order valence-corrected chi connectivity index (χ2v) is 6.18. The SMILES string of the molecule is CCc1ccc(C(=O)O)cc1S(=O)(=O)NCC(O)COC. The maximum Gasteiger partial charge on any atom is 0.335 e. The Morgan fingerprint density at radius 3 is 2.62 bits per heavy atom. The Labute approximate surface area is 123 Å². The molecule has 21 heavy (non-hydrogen) atoms. The Morgan fingerprint density at radius 2 is 2.10 bits per heavy atom. The lowest BCUT2D eigenvalue weighted by Crippen LogP contribution is -2.34. The summed E-state index contributed by atoms with van der Waals surface area (Å²) < 4.78 is 31.4. The number of nitrogens with one attached hydrogen (secondary N) is 1. The van der Waals surface area contributed by atoms with Crippen molar-refractivity contribution in [2.24, 2.45) is 0 Å². The van der Waals surface area contributed by atoms with Crippen molar-refractivity contribution in [3.63, 3.8) is 0 Å². The number of carbonyl (C=O) groups is 1. The summed E-state index contributed by atoms with van der Waals surface area (Å²) in [4.78, 5) is 10.9. The van der Waals surface area contributed by atoms with Crippen LogP contribution in [0.25, 0.3) is 0 Å². The van der Waals surface area contributed by atoms with Crippen molar-refractivity contribution in [1.82, 2.24) is 4.72 Å². The Bertz CT molecular complexity index is 599. The lowest BCUT2D eigenvalue weighted by molar-refractivity contribution is 0.0678. The minimum atomic E-state index is -3.90. The Balaban J connectivity index is 3.05. The summed E-state index contributed by atoms with van der Waals surface area (Å²) in [5.74, 6) is -1.20. The van der Waals surface area contributed by atoms with Crippen LogP contribution in [0.15, 0.2) is 23.1 Å². The van der Waals surface area contributed by atoms with Crippen LogP contribution in [0.4, 0.5) is 0 Å². The zero-order valence-electron chi connectivity index (χ0n) is 11.9. The van der Waals surface area contributed by atoms with Crippen molar-refractivity contribution < 1.29 is 28.2 Å². The number of aryl methyl sites for hydroxylation is 1. The van der Waals surface area contributed by atoms with Gasteiger partial charge in [0.2, 0.25) is 10.0 Å². The lowest BCUT2D eigenvalue weighted by Gasteiger charge is -2.14. The third-order valence-corrected chi connectivity index (χ3v) is 4.36. The van der Waals surface area contributed by atoms with Gasteiger partial charge in [0.1, 0.15) is 0 Å². The highest BCUT2D eigenvalue weighted by Crippen LogP contribution is 2.18. The topological polar surface area (TPSA) is 113 Å². The van der Waals surface area contributed by atoms with E-state index >= 15 is 0 Å². The van der Waals surface area contributed by atoms with Crippen LogP contribution in [-0.4, -0.2) is 51.0 Å². The normalized spacial score (nSPS) is 13.1. The molecule has 0 radical (unpaired) electrons. The summed E-state index contributed by atoms with van der Waals surface area (Å²) in [5.41, 5.74) is 0.402. The average molecular weight is 317 g/mol. The molecule has 0 aliphatic rings. The van der Waals surface area contributed by atoms with E-state index in [4.69, 9.17) is 9.84 Å². The third-order valence-electron chi connectivity index (χ3n) is 2.85.